The van der Waals surface area contributed by atoms with Gasteiger partial charge < -0.3 is 5.32 Å². The highest BCUT2D eigenvalue weighted by Gasteiger charge is 2.17. The fourth-order valence-corrected chi connectivity index (χ4v) is 2.31. The smallest absolute Gasteiger partial charge is 0.0320 e. The van der Waals surface area contributed by atoms with Gasteiger partial charge in [0, 0.05) is 32.2 Å². The third-order valence-electron chi connectivity index (χ3n) is 3.57. The fourth-order valence-electron chi connectivity index (χ4n) is 2.31. The molecule has 18 heavy (non-hydrogen) atoms. The van der Waals surface area contributed by atoms with Gasteiger partial charge in [-0.05, 0) is 24.5 Å². The van der Waals surface area contributed by atoms with Gasteiger partial charge >= 0.3 is 0 Å². The molecule has 0 aliphatic carbocycles. The molecule has 0 amide bonds. The zero-order valence-corrected chi connectivity index (χ0v) is 12.8. The van der Waals surface area contributed by atoms with Crippen LogP contribution in [0.4, 0.5) is 0 Å². The van der Waals surface area contributed by atoms with Crippen LogP contribution in [0.5, 0.6) is 0 Å². The van der Waals surface area contributed by atoms with Crippen LogP contribution in [0.2, 0.25) is 0 Å². The highest BCUT2D eigenvalue weighted by molar-refractivity contribution is 5.85. The summed E-state index contributed by atoms with van der Waals surface area (Å²) in [5, 5.41) is 3.40. The van der Waals surface area contributed by atoms with Gasteiger partial charge in [-0.2, -0.15) is 0 Å². The minimum atomic E-state index is 0. The van der Waals surface area contributed by atoms with E-state index in [2.05, 4.69) is 48.3 Å². The maximum atomic E-state index is 3.40. The summed E-state index contributed by atoms with van der Waals surface area (Å²) in [6.45, 7) is 9.09. The average molecular weight is 291 g/mol. The highest BCUT2D eigenvalue weighted by atomic mass is 35.5. The Hall–Kier alpha value is -0.280. The molecule has 1 N–H and O–H groups in total. The minimum Gasteiger partial charge on any atom is -0.314 e. The number of benzene rings is 1. The number of rotatable bonds is 3. The molecule has 0 spiro atoms. The van der Waals surface area contributed by atoms with E-state index in [9.17, 15) is 0 Å². The van der Waals surface area contributed by atoms with Crippen LogP contribution in [-0.4, -0.2) is 31.1 Å². The molecule has 1 aromatic rings. The highest BCUT2D eigenvalue weighted by Crippen LogP contribution is 2.20. The zero-order valence-electron chi connectivity index (χ0n) is 11.2. The van der Waals surface area contributed by atoms with Crippen molar-refractivity contribution in [2.24, 2.45) is 0 Å². The molecule has 1 aliphatic heterocycles. The molecule has 0 saturated carbocycles. The third-order valence-corrected chi connectivity index (χ3v) is 3.57. The first-order valence-electron chi connectivity index (χ1n) is 6.35. The van der Waals surface area contributed by atoms with Crippen molar-refractivity contribution in [3.05, 3.63) is 35.4 Å². The molecule has 104 valence electrons. The lowest BCUT2D eigenvalue weighted by Gasteiger charge is -2.33. The van der Waals surface area contributed by atoms with E-state index in [-0.39, 0.29) is 24.8 Å². The first-order chi connectivity index (χ1) is 7.81. The molecule has 0 bridgehead atoms. The van der Waals surface area contributed by atoms with Crippen LogP contribution < -0.4 is 5.32 Å². The molecule has 0 radical (unpaired) electrons. The number of hydrogen-bond donors (Lipinski definition) is 1. The molecule has 1 fully saturated rings. The summed E-state index contributed by atoms with van der Waals surface area (Å²) in [4.78, 5) is 2.55. The first kappa shape index (κ1) is 17.7. The van der Waals surface area contributed by atoms with Gasteiger partial charge in [0.25, 0.3) is 0 Å². The Morgan fingerprint density at radius 3 is 2.17 bits per heavy atom. The maximum Gasteiger partial charge on any atom is 0.0320 e. The largest absolute Gasteiger partial charge is 0.314 e. The Labute approximate surface area is 123 Å². The summed E-state index contributed by atoms with van der Waals surface area (Å²) < 4.78 is 0. The lowest BCUT2D eigenvalue weighted by Crippen LogP contribution is -2.44. The van der Waals surface area contributed by atoms with Gasteiger partial charge in [-0.1, -0.05) is 31.2 Å². The van der Waals surface area contributed by atoms with E-state index >= 15 is 0 Å². The topological polar surface area (TPSA) is 15.3 Å². The van der Waals surface area contributed by atoms with E-state index in [0.717, 1.165) is 32.6 Å². The van der Waals surface area contributed by atoms with E-state index in [1.54, 1.807) is 0 Å². The normalized spacial score (nSPS) is 17.4. The minimum absolute atomic E-state index is 0. The monoisotopic (exact) mass is 290 g/mol. The van der Waals surface area contributed by atoms with E-state index in [1.807, 2.05) is 0 Å². The van der Waals surface area contributed by atoms with Crippen molar-refractivity contribution in [3.63, 3.8) is 0 Å². The van der Waals surface area contributed by atoms with Crippen molar-refractivity contribution in [1.82, 2.24) is 10.2 Å². The number of piperazine rings is 1. The van der Waals surface area contributed by atoms with Crippen LogP contribution in [0, 0.1) is 0 Å². The molecular formula is C14H24Cl2N2. The quantitative estimate of drug-likeness (QED) is 0.921. The summed E-state index contributed by atoms with van der Waals surface area (Å²) in [5.74, 6) is 0. The molecular weight excluding hydrogens is 267 g/mol. The van der Waals surface area contributed by atoms with Gasteiger partial charge in [0.15, 0.2) is 0 Å². The Bertz CT molecular complexity index is 321. The molecule has 2 nitrogen and oxygen atoms in total. The molecule has 1 saturated heterocycles. The van der Waals surface area contributed by atoms with Gasteiger partial charge in [0.1, 0.15) is 0 Å². The van der Waals surface area contributed by atoms with Crippen LogP contribution in [0.1, 0.15) is 31.0 Å². The lowest BCUT2D eigenvalue weighted by atomic mass is 10.0. The summed E-state index contributed by atoms with van der Waals surface area (Å²) in [6.07, 6.45) is 1.13. The molecule has 1 atom stereocenters. The first-order valence-corrected chi connectivity index (χ1v) is 6.35. The van der Waals surface area contributed by atoms with Crippen LogP contribution >= 0.6 is 24.8 Å². The Balaban J connectivity index is 0.00000144. The molecule has 1 heterocycles. The summed E-state index contributed by atoms with van der Waals surface area (Å²) >= 11 is 0. The number of nitrogens with zero attached hydrogens (tertiary/aromatic N) is 1. The number of nitrogens with one attached hydrogen (secondary N) is 1. The van der Waals surface area contributed by atoms with E-state index in [0.29, 0.717) is 6.04 Å². The van der Waals surface area contributed by atoms with Crippen molar-refractivity contribution in [1.29, 1.82) is 0 Å². The van der Waals surface area contributed by atoms with Crippen molar-refractivity contribution in [2.45, 2.75) is 26.3 Å². The second-order valence-electron chi connectivity index (χ2n) is 4.56. The van der Waals surface area contributed by atoms with E-state index in [4.69, 9.17) is 0 Å². The van der Waals surface area contributed by atoms with Crippen LogP contribution in [0.15, 0.2) is 24.3 Å². The van der Waals surface area contributed by atoms with Crippen LogP contribution in [-0.2, 0) is 6.42 Å². The van der Waals surface area contributed by atoms with Crippen molar-refractivity contribution < 1.29 is 0 Å². The van der Waals surface area contributed by atoms with Crippen molar-refractivity contribution >= 4 is 24.8 Å². The number of aryl methyl sites for hydroxylation is 1. The molecule has 2 rings (SSSR count). The number of hydrogen-bond acceptors (Lipinski definition) is 2. The third kappa shape index (κ3) is 4.43. The Morgan fingerprint density at radius 2 is 1.67 bits per heavy atom. The average Bonchev–Trinajstić information content (AvgIpc) is 2.39. The standard InChI is InChI=1S/C14H22N2.2ClH/c1-3-13-4-6-14(7-5-13)12(2)16-10-8-15-9-11-16;;/h4-7,12,15H,3,8-11H2,1-2H3;2*1H/t12-;;/m0../s1. The van der Waals surface area contributed by atoms with Crippen LogP contribution in [0.3, 0.4) is 0 Å². The molecule has 1 aromatic carbocycles. The van der Waals surface area contributed by atoms with E-state index in [1.165, 1.54) is 11.1 Å². The number of halogens is 2. The molecule has 0 aromatic heterocycles. The van der Waals surface area contributed by atoms with Gasteiger partial charge in [0.2, 0.25) is 0 Å². The van der Waals surface area contributed by atoms with Crippen molar-refractivity contribution in [2.75, 3.05) is 26.2 Å². The predicted octanol–water partition coefficient (Wildman–Crippen LogP) is 3.06. The second kappa shape index (κ2) is 8.76. The fraction of sp³-hybridized carbons (Fsp3) is 0.571. The van der Waals surface area contributed by atoms with Gasteiger partial charge in [0.05, 0.1) is 0 Å². The zero-order chi connectivity index (χ0) is 11.4. The molecule has 1 aliphatic rings. The summed E-state index contributed by atoms with van der Waals surface area (Å²) in [5.41, 5.74) is 2.87. The Kier molecular flexibility index (Phi) is 8.62. The summed E-state index contributed by atoms with van der Waals surface area (Å²) in [6, 6.07) is 9.63. The van der Waals surface area contributed by atoms with E-state index < -0.39 is 0 Å². The summed E-state index contributed by atoms with van der Waals surface area (Å²) in [7, 11) is 0. The lowest BCUT2D eigenvalue weighted by molar-refractivity contribution is 0.185. The predicted molar refractivity (Wildman–Crippen MR) is 83.2 cm³/mol. The molecule has 0 unspecified atom stereocenters. The van der Waals surface area contributed by atoms with Gasteiger partial charge in [-0.3, -0.25) is 4.90 Å². The van der Waals surface area contributed by atoms with Crippen LogP contribution in [0.25, 0.3) is 0 Å². The SMILES string of the molecule is CCc1ccc([C@H](C)N2CCNCC2)cc1.Cl.Cl. The molecule has 4 heteroatoms. The van der Waals surface area contributed by atoms with Crippen molar-refractivity contribution in [3.8, 4) is 0 Å². The second-order valence-corrected chi connectivity index (χ2v) is 4.56. The van der Waals surface area contributed by atoms with Gasteiger partial charge in [-0.25, -0.2) is 0 Å². The maximum absolute atomic E-state index is 3.40. The van der Waals surface area contributed by atoms with Gasteiger partial charge in [-0.15, -0.1) is 24.8 Å². The Morgan fingerprint density at radius 1 is 1.11 bits per heavy atom.